The summed E-state index contributed by atoms with van der Waals surface area (Å²) in [6.07, 6.45) is 5.34. The smallest absolute Gasteiger partial charge is 0.225 e. The molecular weight excluding hydrogens is 200 g/mol. The van der Waals surface area contributed by atoms with Crippen LogP contribution in [-0.4, -0.2) is 29.4 Å². The molecule has 2 N–H and O–H groups in total. The van der Waals surface area contributed by atoms with Crippen molar-refractivity contribution in [2.24, 2.45) is 17.6 Å². The Balaban J connectivity index is 1.97. The number of piperidine rings is 1. The zero-order valence-corrected chi connectivity index (χ0v) is 10.5. The molecule has 0 bridgehead atoms. The van der Waals surface area contributed by atoms with Crippen LogP contribution in [0.5, 0.6) is 0 Å². The molecule has 1 aliphatic heterocycles. The third kappa shape index (κ3) is 2.40. The summed E-state index contributed by atoms with van der Waals surface area (Å²) in [4.78, 5) is 14.5. The number of carbonyl (C=O) groups excluding carboxylic acids is 1. The lowest BCUT2D eigenvalue weighted by Crippen LogP contribution is -2.47. The van der Waals surface area contributed by atoms with Crippen LogP contribution < -0.4 is 5.73 Å². The van der Waals surface area contributed by atoms with Gasteiger partial charge < -0.3 is 10.6 Å². The van der Waals surface area contributed by atoms with Gasteiger partial charge in [0.15, 0.2) is 0 Å². The Kier molecular flexibility index (Phi) is 3.53. The maximum Gasteiger partial charge on any atom is 0.225 e. The molecule has 1 heterocycles. The summed E-state index contributed by atoms with van der Waals surface area (Å²) in [5.74, 6) is 1.24. The zero-order chi connectivity index (χ0) is 11.7. The minimum absolute atomic E-state index is 0.211. The van der Waals surface area contributed by atoms with Gasteiger partial charge in [-0.15, -0.1) is 0 Å². The van der Waals surface area contributed by atoms with Crippen LogP contribution in [0.2, 0.25) is 0 Å². The third-order valence-electron chi connectivity index (χ3n) is 4.22. The van der Waals surface area contributed by atoms with Gasteiger partial charge in [0.05, 0.1) is 0 Å². The molecule has 2 fully saturated rings. The van der Waals surface area contributed by atoms with Crippen LogP contribution >= 0.6 is 0 Å². The molecule has 2 rings (SSSR count). The average molecular weight is 224 g/mol. The van der Waals surface area contributed by atoms with Crippen LogP contribution in [0.1, 0.15) is 46.0 Å². The van der Waals surface area contributed by atoms with E-state index in [0.717, 1.165) is 32.2 Å². The highest BCUT2D eigenvalue weighted by Crippen LogP contribution is 2.29. The Morgan fingerprint density at radius 3 is 2.56 bits per heavy atom. The van der Waals surface area contributed by atoms with Crippen molar-refractivity contribution in [1.82, 2.24) is 4.90 Å². The zero-order valence-electron chi connectivity index (χ0n) is 10.5. The summed E-state index contributed by atoms with van der Waals surface area (Å²) < 4.78 is 0. The van der Waals surface area contributed by atoms with Crippen molar-refractivity contribution in [2.75, 3.05) is 6.54 Å². The van der Waals surface area contributed by atoms with Gasteiger partial charge in [0.2, 0.25) is 5.91 Å². The Morgan fingerprint density at radius 2 is 1.94 bits per heavy atom. The van der Waals surface area contributed by atoms with E-state index in [0.29, 0.717) is 17.9 Å². The number of hydrogen-bond acceptors (Lipinski definition) is 2. The van der Waals surface area contributed by atoms with Crippen LogP contribution in [0.4, 0.5) is 0 Å². The third-order valence-corrected chi connectivity index (χ3v) is 4.22. The lowest BCUT2D eigenvalue weighted by atomic mass is 9.93. The van der Waals surface area contributed by atoms with Crippen LogP contribution in [0.15, 0.2) is 0 Å². The standard InChI is InChI=1S/C13H24N2O/c1-9-3-4-10(2)15(8-9)13(16)11-5-6-12(14)7-11/h9-12H,3-8,14H2,1-2H3. The van der Waals surface area contributed by atoms with Crippen molar-refractivity contribution in [3.63, 3.8) is 0 Å². The molecule has 1 aliphatic carbocycles. The van der Waals surface area contributed by atoms with Crippen molar-refractivity contribution in [2.45, 2.75) is 58.0 Å². The number of likely N-dealkylation sites (tertiary alicyclic amines) is 1. The average Bonchev–Trinajstić information content (AvgIpc) is 2.67. The Labute approximate surface area is 98.4 Å². The maximum atomic E-state index is 12.4. The molecule has 4 atom stereocenters. The van der Waals surface area contributed by atoms with Crippen molar-refractivity contribution in [3.05, 3.63) is 0 Å². The van der Waals surface area contributed by atoms with Gasteiger partial charge in [0.25, 0.3) is 0 Å². The van der Waals surface area contributed by atoms with Crippen LogP contribution in [-0.2, 0) is 4.79 Å². The molecule has 3 nitrogen and oxygen atoms in total. The van der Waals surface area contributed by atoms with Crippen LogP contribution in [0.3, 0.4) is 0 Å². The number of carbonyl (C=O) groups is 1. The largest absolute Gasteiger partial charge is 0.339 e. The molecule has 0 aromatic carbocycles. The summed E-state index contributed by atoms with van der Waals surface area (Å²) in [6.45, 7) is 5.37. The van der Waals surface area contributed by atoms with Gasteiger partial charge in [0.1, 0.15) is 0 Å². The van der Waals surface area contributed by atoms with Gasteiger partial charge in [-0.05, 0) is 44.9 Å². The van der Waals surface area contributed by atoms with E-state index in [-0.39, 0.29) is 12.0 Å². The fourth-order valence-electron chi connectivity index (χ4n) is 3.07. The summed E-state index contributed by atoms with van der Waals surface area (Å²) in [6, 6.07) is 0.687. The molecule has 0 spiro atoms. The highest BCUT2D eigenvalue weighted by molar-refractivity contribution is 5.79. The molecule has 1 saturated heterocycles. The number of nitrogens with two attached hydrogens (primary N) is 1. The van der Waals surface area contributed by atoms with E-state index in [9.17, 15) is 4.79 Å². The van der Waals surface area contributed by atoms with Gasteiger partial charge >= 0.3 is 0 Å². The first kappa shape index (κ1) is 11.9. The summed E-state index contributed by atoms with van der Waals surface area (Å²) in [5.41, 5.74) is 5.88. The molecule has 16 heavy (non-hydrogen) atoms. The topological polar surface area (TPSA) is 46.3 Å². The fraction of sp³-hybridized carbons (Fsp3) is 0.923. The summed E-state index contributed by atoms with van der Waals surface area (Å²) in [7, 11) is 0. The monoisotopic (exact) mass is 224 g/mol. The van der Waals surface area contributed by atoms with Crippen molar-refractivity contribution < 1.29 is 4.79 Å². The van der Waals surface area contributed by atoms with E-state index in [1.165, 1.54) is 6.42 Å². The lowest BCUT2D eigenvalue weighted by molar-refractivity contribution is -0.139. The molecule has 0 aromatic rings. The highest BCUT2D eigenvalue weighted by Gasteiger charge is 2.34. The molecule has 4 unspecified atom stereocenters. The van der Waals surface area contributed by atoms with Crippen LogP contribution in [0, 0.1) is 11.8 Å². The molecule has 1 saturated carbocycles. The van der Waals surface area contributed by atoms with E-state index < -0.39 is 0 Å². The maximum absolute atomic E-state index is 12.4. The first-order chi connectivity index (χ1) is 7.58. The van der Waals surface area contributed by atoms with Gasteiger partial charge in [-0.2, -0.15) is 0 Å². The summed E-state index contributed by atoms with van der Waals surface area (Å²) in [5, 5.41) is 0. The lowest BCUT2D eigenvalue weighted by Gasteiger charge is -2.38. The van der Waals surface area contributed by atoms with E-state index in [2.05, 4.69) is 18.7 Å². The minimum atomic E-state index is 0.211. The van der Waals surface area contributed by atoms with Crippen molar-refractivity contribution >= 4 is 5.91 Å². The number of nitrogens with zero attached hydrogens (tertiary/aromatic N) is 1. The van der Waals surface area contributed by atoms with E-state index in [1.807, 2.05) is 0 Å². The molecule has 2 aliphatic rings. The van der Waals surface area contributed by atoms with E-state index in [1.54, 1.807) is 0 Å². The van der Waals surface area contributed by atoms with E-state index >= 15 is 0 Å². The molecule has 92 valence electrons. The van der Waals surface area contributed by atoms with Crippen molar-refractivity contribution in [3.8, 4) is 0 Å². The molecule has 0 radical (unpaired) electrons. The normalized spacial score (nSPS) is 40.1. The number of amides is 1. The number of hydrogen-bond donors (Lipinski definition) is 1. The molecular formula is C13H24N2O. The number of rotatable bonds is 1. The Bertz CT molecular complexity index is 267. The molecule has 3 heteroatoms. The van der Waals surface area contributed by atoms with E-state index in [4.69, 9.17) is 5.73 Å². The second-order valence-corrected chi connectivity index (χ2v) is 5.79. The predicted molar refractivity (Wildman–Crippen MR) is 64.9 cm³/mol. The SMILES string of the molecule is CC1CCC(C)N(C(=O)C2CCC(N)C2)C1. The molecule has 0 aromatic heterocycles. The van der Waals surface area contributed by atoms with Crippen molar-refractivity contribution in [1.29, 1.82) is 0 Å². The first-order valence-corrected chi connectivity index (χ1v) is 6.64. The summed E-state index contributed by atoms with van der Waals surface area (Å²) >= 11 is 0. The van der Waals surface area contributed by atoms with Gasteiger partial charge in [-0.25, -0.2) is 0 Å². The van der Waals surface area contributed by atoms with Gasteiger partial charge in [0, 0.05) is 24.5 Å². The van der Waals surface area contributed by atoms with Gasteiger partial charge in [-0.1, -0.05) is 6.92 Å². The first-order valence-electron chi connectivity index (χ1n) is 6.64. The minimum Gasteiger partial charge on any atom is -0.339 e. The second-order valence-electron chi connectivity index (χ2n) is 5.79. The van der Waals surface area contributed by atoms with Gasteiger partial charge in [-0.3, -0.25) is 4.79 Å². The molecule has 1 amide bonds. The predicted octanol–water partition coefficient (Wildman–Crippen LogP) is 1.76. The quantitative estimate of drug-likeness (QED) is 0.737. The highest BCUT2D eigenvalue weighted by atomic mass is 16.2. The van der Waals surface area contributed by atoms with Crippen LogP contribution in [0.25, 0.3) is 0 Å². The second kappa shape index (κ2) is 4.74. The fourth-order valence-corrected chi connectivity index (χ4v) is 3.07. The Morgan fingerprint density at radius 1 is 1.19 bits per heavy atom. The Hall–Kier alpha value is -0.570.